The van der Waals surface area contributed by atoms with Gasteiger partial charge in [0.1, 0.15) is 4.60 Å². The zero-order valence-electron chi connectivity index (χ0n) is 8.37. The van der Waals surface area contributed by atoms with Crippen molar-refractivity contribution in [3.63, 3.8) is 0 Å². The van der Waals surface area contributed by atoms with Gasteiger partial charge in [0.25, 0.3) is 0 Å². The molecule has 0 saturated carbocycles. The molecule has 0 spiro atoms. The van der Waals surface area contributed by atoms with E-state index in [1.807, 2.05) is 18.2 Å². The average Bonchev–Trinajstić information content (AvgIpc) is 2.23. The second kappa shape index (κ2) is 7.75. The Morgan fingerprint density at radius 2 is 2.40 bits per heavy atom. The van der Waals surface area contributed by atoms with Crippen molar-refractivity contribution >= 4 is 27.7 Å². The Labute approximate surface area is 103 Å². The van der Waals surface area contributed by atoms with Crippen molar-refractivity contribution in [2.24, 2.45) is 0 Å². The van der Waals surface area contributed by atoms with Crippen LogP contribution < -0.4 is 5.32 Å². The van der Waals surface area contributed by atoms with E-state index in [0.717, 1.165) is 34.9 Å². The fraction of sp³-hybridized carbons (Fsp3) is 0.364. The number of nitrogens with one attached hydrogen (secondary N) is 1. The van der Waals surface area contributed by atoms with Gasteiger partial charge in [0.2, 0.25) is 0 Å². The number of hydrogen-bond acceptors (Lipinski definition) is 3. The zero-order chi connectivity index (χ0) is 10.9. The van der Waals surface area contributed by atoms with Gasteiger partial charge in [-0.3, -0.25) is 0 Å². The van der Waals surface area contributed by atoms with Crippen molar-refractivity contribution in [3.8, 4) is 12.3 Å². The predicted octanol–water partition coefficient (Wildman–Crippen LogP) is 2.30. The molecule has 1 aromatic rings. The first-order chi connectivity index (χ1) is 7.33. The molecule has 0 aliphatic heterocycles. The molecule has 0 radical (unpaired) electrons. The molecule has 0 aromatic carbocycles. The molecule has 15 heavy (non-hydrogen) atoms. The van der Waals surface area contributed by atoms with Gasteiger partial charge in [-0.15, -0.1) is 18.2 Å². The molecule has 0 bridgehead atoms. The highest BCUT2D eigenvalue weighted by atomic mass is 79.9. The average molecular weight is 285 g/mol. The summed E-state index contributed by atoms with van der Waals surface area (Å²) < 4.78 is 0.878. The maximum atomic E-state index is 5.14. The number of hydrogen-bond donors (Lipinski definition) is 1. The lowest BCUT2D eigenvalue weighted by molar-refractivity contribution is 0.714. The normalized spacial score (nSPS) is 9.87. The third kappa shape index (κ3) is 5.83. The molecule has 1 heterocycles. The van der Waals surface area contributed by atoms with Crippen molar-refractivity contribution < 1.29 is 0 Å². The fourth-order valence-corrected chi connectivity index (χ4v) is 1.97. The summed E-state index contributed by atoms with van der Waals surface area (Å²) in [5.41, 5.74) is 1.05. The van der Waals surface area contributed by atoms with Crippen LogP contribution in [0.25, 0.3) is 0 Å². The van der Waals surface area contributed by atoms with E-state index in [1.54, 1.807) is 11.8 Å². The van der Waals surface area contributed by atoms with E-state index in [9.17, 15) is 0 Å². The molecule has 0 unspecified atom stereocenters. The van der Waals surface area contributed by atoms with Crippen LogP contribution in [-0.2, 0) is 6.54 Å². The lowest BCUT2D eigenvalue weighted by Gasteiger charge is -2.03. The molecule has 0 aliphatic rings. The number of thioether (sulfide) groups is 1. The molecule has 4 heteroatoms. The van der Waals surface area contributed by atoms with E-state index in [0.29, 0.717) is 0 Å². The summed E-state index contributed by atoms with van der Waals surface area (Å²) in [6, 6.07) is 5.92. The summed E-state index contributed by atoms with van der Waals surface area (Å²) in [5, 5.41) is 3.32. The second-order valence-corrected chi connectivity index (χ2v) is 4.80. The summed E-state index contributed by atoms with van der Waals surface area (Å²) in [7, 11) is 0. The van der Waals surface area contributed by atoms with Gasteiger partial charge < -0.3 is 5.32 Å². The number of rotatable bonds is 6. The van der Waals surface area contributed by atoms with Crippen LogP contribution >= 0.6 is 27.7 Å². The molecule has 1 aromatic heterocycles. The molecular weight excluding hydrogens is 272 g/mol. The number of halogens is 1. The van der Waals surface area contributed by atoms with Crippen LogP contribution in [0.3, 0.4) is 0 Å². The van der Waals surface area contributed by atoms with E-state index in [1.165, 1.54) is 0 Å². The predicted molar refractivity (Wildman–Crippen MR) is 69.8 cm³/mol. The van der Waals surface area contributed by atoms with Crippen LogP contribution in [0.2, 0.25) is 0 Å². The number of pyridine rings is 1. The third-order valence-electron chi connectivity index (χ3n) is 1.69. The van der Waals surface area contributed by atoms with E-state index in [4.69, 9.17) is 6.42 Å². The second-order valence-electron chi connectivity index (χ2n) is 2.89. The van der Waals surface area contributed by atoms with Gasteiger partial charge >= 0.3 is 0 Å². The topological polar surface area (TPSA) is 24.9 Å². The van der Waals surface area contributed by atoms with Crippen molar-refractivity contribution in [1.82, 2.24) is 10.3 Å². The first-order valence-electron chi connectivity index (χ1n) is 4.66. The molecule has 0 amide bonds. The van der Waals surface area contributed by atoms with Crippen molar-refractivity contribution in [2.45, 2.75) is 6.54 Å². The van der Waals surface area contributed by atoms with Gasteiger partial charge in [0, 0.05) is 18.8 Å². The standard InChI is InChI=1S/C11H13BrN2S/c1-2-7-15-8-6-13-9-10-4-3-5-11(12)14-10/h1,3-5,13H,6-9H2. The minimum atomic E-state index is 0.789. The Bertz CT molecular complexity index is 336. The van der Waals surface area contributed by atoms with Gasteiger partial charge in [-0.05, 0) is 28.1 Å². The molecule has 80 valence electrons. The largest absolute Gasteiger partial charge is 0.310 e. The lowest BCUT2D eigenvalue weighted by Crippen LogP contribution is -2.17. The highest BCUT2D eigenvalue weighted by Gasteiger charge is 1.94. The minimum Gasteiger partial charge on any atom is -0.310 e. The maximum Gasteiger partial charge on any atom is 0.106 e. The SMILES string of the molecule is C#CCSCCNCc1cccc(Br)n1. The summed E-state index contributed by atoms with van der Waals surface area (Å²) in [6.45, 7) is 1.76. The van der Waals surface area contributed by atoms with Gasteiger partial charge in [0.05, 0.1) is 11.4 Å². The van der Waals surface area contributed by atoms with Crippen LogP contribution in [0.5, 0.6) is 0 Å². The van der Waals surface area contributed by atoms with Gasteiger partial charge in [-0.1, -0.05) is 12.0 Å². The Kier molecular flexibility index (Phi) is 6.49. The van der Waals surface area contributed by atoms with E-state index in [-0.39, 0.29) is 0 Å². The molecule has 1 N–H and O–H groups in total. The summed E-state index contributed by atoms with van der Waals surface area (Å²) in [6.07, 6.45) is 5.14. The zero-order valence-corrected chi connectivity index (χ0v) is 10.8. The van der Waals surface area contributed by atoms with Crippen LogP contribution in [0.15, 0.2) is 22.8 Å². The third-order valence-corrected chi connectivity index (χ3v) is 2.99. The highest BCUT2D eigenvalue weighted by Crippen LogP contribution is 2.05. The van der Waals surface area contributed by atoms with Crippen molar-refractivity contribution in [2.75, 3.05) is 18.1 Å². The summed E-state index contributed by atoms with van der Waals surface area (Å²) in [5.74, 6) is 4.43. The van der Waals surface area contributed by atoms with Gasteiger partial charge in [0.15, 0.2) is 0 Å². The van der Waals surface area contributed by atoms with Crippen LogP contribution in [0.1, 0.15) is 5.69 Å². The van der Waals surface area contributed by atoms with E-state index in [2.05, 4.69) is 32.2 Å². The maximum absolute atomic E-state index is 5.14. The fourth-order valence-electron chi connectivity index (χ4n) is 1.04. The summed E-state index contributed by atoms with van der Waals surface area (Å²) >= 11 is 5.10. The first kappa shape index (κ1) is 12.6. The van der Waals surface area contributed by atoms with Crippen molar-refractivity contribution in [3.05, 3.63) is 28.5 Å². The Morgan fingerprint density at radius 3 is 3.13 bits per heavy atom. The first-order valence-corrected chi connectivity index (χ1v) is 6.61. The molecule has 2 nitrogen and oxygen atoms in total. The van der Waals surface area contributed by atoms with E-state index < -0.39 is 0 Å². The quantitative estimate of drug-likeness (QED) is 0.493. The van der Waals surface area contributed by atoms with Gasteiger partial charge in [-0.2, -0.15) is 0 Å². The van der Waals surface area contributed by atoms with E-state index >= 15 is 0 Å². The minimum absolute atomic E-state index is 0.789. The number of terminal acetylenes is 1. The molecule has 0 aliphatic carbocycles. The molecule has 0 atom stereocenters. The molecule has 1 rings (SSSR count). The molecule has 0 saturated heterocycles. The van der Waals surface area contributed by atoms with Crippen LogP contribution in [0, 0.1) is 12.3 Å². The van der Waals surface area contributed by atoms with Crippen molar-refractivity contribution in [1.29, 1.82) is 0 Å². The summed E-state index contributed by atoms with van der Waals surface area (Å²) in [4.78, 5) is 4.32. The Morgan fingerprint density at radius 1 is 1.53 bits per heavy atom. The van der Waals surface area contributed by atoms with Gasteiger partial charge in [-0.25, -0.2) is 4.98 Å². The smallest absolute Gasteiger partial charge is 0.106 e. The number of nitrogens with zero attached hydrogens (tertiary/aromatic N) is 1. The highest BCUT2D eigenvalue weighted by molar-refractivity contribution is 9.10. The monoisotopic (exact) mass is 284 g/mol. The van der Waals surface area contributed by atoms with Crippen LogP contribution in [-0.4, -0.2) is 23.0 Å². The molecule has 0 fully saturated rings. The lowest BCUT2D eigenvalue weighted by atomic mass is 10.3. The van der Waals surface area contributed by atoms with Crippen LogP contribution in [0.4, 0.5) is 0 Å². The Balaban J connectivity index is 2.13. The number of aromatic nitrogens is 1. The Hall–Kier alpha value is -0.500. The molecular formula is C11H13BrN2S.